The number of piperidine rings is 1. The monoisotopic (exact) mass is 433 g/mol. The predicted octanol–water partition coefficient (Wildman–Crippen LogP) is 2.54. The molecule has 1 aliphatic carbocycles. The molecule has 5 rings (SSSR count). The highest BCUT2D eigenvalue weighted by molar-refractivity contribution is 6.05. The van der Waals surface area contributed by atoms with E-state index in [-0.39, 0.29) is 30.4 Å². The van der Waals surface area contributed by atoms with Crippen molar-refractivity contribution in [1.82, 2.24) is 15.5 Å². The number of nitrogens with one attached hydrogen (secondary N) is 2. The van der Waals surface area contributed by atoms with Crippen LogP contribution in [0.15, 0.2) is 48.5 Å². The molecule has 2 heterocycles. The van der Waals surface area contributed by atoms with Crippen molar-refractivity contribution in [3.05, 3.63) is 65.2 Å². The maximum Gasteiger partial charge on any atom is 0.255 e. The van der Waals surface area contributed by atoms with E-state index in [2.05, 4.69) is 22.8 Å². The molecule has 2 aromatic carbocycles. The lowest BCUT2D eigenvalue weighted by Crippen LogP contribution is -2.52. The number of carbonyl (C=O) groups excluding carboxylic acids is 3. The minimum atomic E-state index is -0.599. The first kappa shape index (κ1) is 20.7. The normalized spacial score (nSPS) is 25.1. The Morgan fingerprint density at radius 3 is 2.69 bits per heavy atom. The molecule has 7 heteroatoms. The van der Waals surface area contributed by atoms with E-state index in [1.807, 2.05) is 30.3 Å². The molecule has 2 N–H and O–H groups in total. The van der Waals surface area contributed by atoms with Crippen molar-refractivity contribution in [2.45, 2.75) is 63.4 Å². The van der Waals surface area contributed by atoms with Crippen molar-refractivity contribution in [2.75, 3.05) is 0 Å². The fourth-order valence-corrected chi connectivity index (χ4v) is 4.94. The van der Waals surface area contributed by atoms with Gasteiger partial charge in [0.25, 0.3) is 5.91 Å². The van der Waals surface area contributed by atoms with E-state index in [9.17, 15) is 14.4 Å². The fraction of sp³-hybridized carbons (Fsp3) is 0.400. The fourth-order valence-electron chi connectivity index (χ4n) is 4.94. The van der Waals surface area contributed by atoms with Gasteiger partial charge in [-0.15, -0.1) is 0 Å². The molecule has 0 spiro atoms. The second kappa shape index (κ2) is 8.74. The van der Waals surface area contributed by atoms with Gasteiger partial charge in [-0.05, 0) is 55.0 Å². The van der Waals surface area contributed by atoms with Gasteiger partial charge in [0.15, 0.2) is 0 Å². The summed E-state index contributed by atoms with van der Waals surface area (Å²) in [5.74, 6) is -0.0836. The largest absolute Gasteiger partial charge is 0.489 e. The van der Waals surface area contributed by atoms with Crippen molar-refractivity contribution < 1.29 is 19.1 Å². The molecule has 3 amide bonds. The number of fused-ring (bicyclic) bond motifs is 1. The first-order valence-electron chi connectivity index (χ1n) is 11.3. The highest BCUT2D eigenvalue weighted by atomic mass is 16.5. The van der Waals surface area contributed by atoms with Crippen molar-refractivity contribution in [3.63, 3.8) is 0 Å². The zero-order valence-corrected chi connectivity index (χ0v) is 17.9. The number of carbonyl (C=O) groups is 3. The Morgan fingerprint density at radius 1 is 1.03 bits per heavy atom. The predicted molar refractivity (Wildman–Crippen MR) is 118 cm³/mol. The maximum atomic E-state index is 12.9. The number of hydrogen-bond donors (Lipinski definition) is 2. The second-order valence-corrected chi connectivity index (χ2v) is 8.78. The zero-order chi connectivity index (χ0) is 22.1. The molecule has 0 bridgehead atoms. The van der Waals surface area contributed by atoms with Crippen LogP contribution in [0, 0.1) is 0 Å². The third-order valence-electron chi connectivity index (χ3n) is 6.65. The third kappa shape index (κ3) is 4.12. The van der Waals surface area contributed by atoms with Crippen molar-refractivity contribution in [3.8, 4) is 5.75 Å². The van der Waals surface area contributed by atoms with Crippen molar-refractivity contribution >= 4 is 17.7 Å². The number of nitrogens with zero attached hydrogens (tertiary/aromatic N) is 1. The van der Waals surface area contributed by atoms with Crippen LogP contribution in [0.3, 0.4) is 0 Å². The summed E-state index contributed by atoms with van der Waals surface area (Å²) < 4.78 is 6.34. The minimum Gasteiger partial charge on any atom is -0.489 e. The van der Waals surface area contributed by atoms with Crippen LogP contribution in [-0.2, 0) is 22.7 Å². The number of benzene rings is 2. The van der Waals surface area contributed by atoms with Crippen LogP contribution in [0.1, 0.15) is 53.6 Å². The van der Waals surface area contributed by atoms with Gasteiger partial charge in [0, 0.05) is 31.1 Å². The molecule has 1 saturated carbocycles. The lowest BCUT2D eigenvalue weighted by Gasteiger charge is -2.29. The molecule has 3 aliphatic rings. The molecule has 3 unspecified atom stereocenters. The zero-order valence-electron chi connectivity index (χ0n) is 17.9. The minimum absolute atomic E-state index is 0.0834. The number of imide groups is 1. The Morgan fingerprint density at radius 2 is 1.88 bits per heavy atom. The molecule has 3 atom stereocenters. The molecular formula is C25H27N3O4. The average molecular weight is 434 g/mol. The lowest BCUT2D eigenvalue weighted by molar-refractivity contribution is -0.136. The van der Waals surface area contributed by atoms with Crippen LogP contribution in [-0.4, -0.2) is 40.8 Å². The molecular weight excluding hydrogens is 406 g/mol. The standard InChI is InChI=1S/C25H27N3O4/c29-23-12-11-21(24(30)27-23)28-15-17-13-18(9-10-19(17)25(28)31)32-22-8-4-7-20(22)26-14-16-5-2-1-3-6-16/h1-3,5-6,9-10,13,20-22,26H,4,7-8,11-12,14-15H2,(H,27,29,30). The molecule has 2 aliphatic heterocycles. The Bertz CT molecular complexity index is 1040. The van der Waals surface area contributed by atoms with Crippen LogP contribution in [0.5, 0.6) is 5.75 Å². The Hall–Kier alpha value is -3.19. The van der Waals surface area contributed by atoms with Crippen LogP contribution in [0.25, 0.3) is 0 Å². The summed E-state index contributed by atoms with van der Waals surface area (Å²) in [4.78, 5) is 38.1. The van der Waals surface area contributed by atoms with Gasteiger partial charge in [0.05, 0.1) is 0 Å². The highest BCUT2D eigenvalue weighted by Crippen LogP contribution is 2.32. The van der Waals surface area contributed by atoms with Gasteiger partial charge in [-0.3, -0.25) is 19.7 Å². The first-order chi connectivity index (χ1) is 15.6. The quantitative estimate of drug-likeness (QED) is 0.684. The summed E-state index contributed by atoms with van der Waals surface area (Å²) in [5, 5.41) is 5.97. The Kier molecular flexibility index (Phi) is 5.66. The number of hydrogen-bond acceptors (Lipinski definition) is 5. The molecule has 1 saturated heterocycles. The number of amides is 3. The molecule has 2 fully saturated rings. The number of ether oxygens (including phenoxy) is 1. The SMILES string of the molecule is O=C1CCC(N2Cc3cc(OC4CCCC4NCc4ccccc4)ccc3C2=O)C(=O)N1. The van der Waals surface area contributed by atoms with E-state index in [1.54, 1.807) is 11.0 Å². The van der Waals surface area contributed by atoms with Gasteiger partial charge in [0.1, 0.15) is 17.9 Å². The van der Waals surface area contributed by atoms with Crippen molar-refractivity contribution in [1.29, 1.82) is 0 Å². The smallest absolute Gasteiger partial charge is 0.255 e. The van der Waals surface area contributed by atoms with Crippen LogP contribution < -0.4 is 15.4 Å². The van der Waals surface area contributed by atoms with Gasteiger partial charge in [-0.25, -0.2) is 0 Å². The summed E-state index contributed by atoms with van der Waals surface area (Å²) in [6.07, 6.45) is 3.88. The summed E-state index contributed by atoms with van der Waals surface area (Å²) in [5.41, 5.74) is 2.72. The summed E-state index contributed by atoms with van der Waals surface area (Å²) in [6, 6.07) is 15.6. The van der Waals surface area contributed by atoms with E-state index >= 15 is 0 Å². The van der Waals surface area contributed by atoms with E-state index < -0.39 is 11.9 Å². The maximum absolute atomic E-state index is 12.9. The van der Waals surface area contributed by atoms with Gasteiger partial charge in [-0.2, -0.15) is 0 Å². The van der Waals surface area contributed by atoms with E-state index in [0.717, 1.165) is 37.1 Å². The third-order valence-corrected chi connectivity index (χ3v) is 6.65. The molecule has 2 aromatic rings. The van der Waals surface area contributed by atoms with E-state index in [0.29, 0.717) is 18.5 Å². The van der Waals surface area contributed by atoms with Crippen LogP contribution in [0.2, 0.25) is 0 Å². The average Bonchev–Trinajstić information content (AvgIpc) is 3.37. The van der Waals surface area contributed by atoms with E-state index in [4.69, 9.17) is 4.74 Å². The lowest BCUT2D eigenvalue weighted by atomic mass is 10.0. The van der Waals surface area contributed by atoms with E-state index in [1.165, 1.54) is 5.56 Å². The highest BCUT2D eigenvalue weighted by Gasteiger charge is 2.39. The number of rotatable bonds is 6. The van der Waals surface area contributed by atoms with Gasteiger partial charge in [-0.1, -0.05) is 30.3 Å². The van der Waals surface area contributed by atoms with Crippen molar-refractivity contribution in [2.24, 2.45) is 0 Å². The topological polar surface area (TPSA) is 87.7 Å². The van der Waals surface area contributed by atoms with Gasteiger partial charge in [0.2, 0.25) is 11.8 Å². The second-order valence-electron chi connectivity index (χ2n) is 8.78. The molecule has 0 aromatic heterocycles. The van der Waals surface area contributed by atoms with Gasteiger partial charge >= 0.3 is 0 Å². The Balaban J connectivity index is 1.24. The molecule has 32 heavy (non-hydrogen) atoms. The molecule has 0 radical (unpaired) electrons. The van der Waals surface area contributed by atoms with Gasteiger partial charge < -0.3 is 15.0 Å². The Labute approximate surface area is 187 Å². The van der Waals surface area contributed by atoms with Crippen LogP contribution >= 0.6 is 0 Å². The van der Waals surface area contributed by atoms with Crippen LogP contribution in [0.4, 0.5) is 0 Å². The summed E-state index contributed by atoms with van der Waals surface area (Å²) in [6.45, 7) is 1.17. The summed E-state index contributed by atoms with van der Waals surface area (Å²) >= 11 is 0. The molecule has 166 valence electrons. The summed E-state index contributed by atoms with van der Waals surface area (Å²) in [7, 11) is 0. The first-order valence-corrected chi connectivity index (χ1v) is 11.3. The molecule has 7 nitrogen and oxygen atoms in total.